The summed E-state index contributed by atoms with van der Waals surface area (Å²) in [6.07, 6.45) is 6.08. The van der Waals surface area contributed by atoms with E-state index in [0.29, 0.717) is 0 Å². The lowest BCUT2D eigenvalue weighted by Crippen LogP contribution is -2.33. The molecule has 0 bridgehead atoms. The van der Waals surface area contributed by atoms with E-state index >= 15 is 0 Å². The van der Waals surface area contributed by atoms with Crippen LogP contribution < -0.4 is 21.6 Å². The second kappa shape index (κ2) is 11.4. The van der Waals surface area contributed by atoms with Crippen LogP contribution in [-0.2, 0) is 0 Å². The maximum atomic E-state index is 5.68. The van der Waals surface area contributed by atoms with Gasteiger partial charge in [0.15, 0.2) is 0 Å². The Labute approximate surface area is 175 Å². The van der Waals surface area contributed by atoms with Crippen molar-refractivity contribution in [1.29, 1.82) is 0 Å². The van der Waals surface area contributed by atoms with Crippen molar-refractivity contribution in [2.75, 3.05) is 12.7 Å². The summed E-state index contributed by atoms with van der Waals surface area (Å²) in [4.78, 5) is 0. The zero-order valence-corrected chi connectivity index (χ0v) is 18.4. The zero-order valence-electron chi connectivity index (χ0n) is 15.8. The summed E-state index contributed by atoms with van der Waals surface area (Å²) >= 11 is 0. The van der Waals surface area contributed by atoms with E-state index in [1.807, 2.05) is 0 Å². The zero-order chi connectivity index (χ0) is 18.1. The predicted molar refractivity (Wildman–Crippen MR) is 128 cm³/mol. The quantitative estimate of drug-likeness (QED) is 0.363. The Morgan fingerprint density at radius 3 is 1.26 bits per heavy atom. The molecule has 1 nitrogen and oxygen atoms in total. The molecule has 0 saturated heterocycles. The number of unbranched alkanes of at least 4 members (excludes halogenated alkanes) is 3. The van der Waals surface area contributed by atoms with Gasteiger partial charge in [-0.3, -0.25) is 0 Å². The molecule has 3 rings (SSSR count). The lowest BCUT2D eigenvalue weighted by molar-refractivity contribution is 0.677. The minimum Gasteiger partial charge on any atom is -0.330 e. The van der Waals surface area contributed by atoms with Crippen molar-refractivity contribution >= 4 is 40.2 Å². The van der Waals surface area contributed by atoms with Gasteiger partial charge in [-0.25, -0.2) is 0 Å². The van der Waals surface area contributed by atoms with E-state index < -0.39 is 7.26 Å². The van der Waals surface area contributed by atoms with Crippen LogP contribution in [-0.4, -0.2) is 12.7 Å². The lowest BCUT2D eigenvalue weighted by atomic mass is 10.2. The summed E-state index contributed by atoms with van der Waals surface area (Å²) in [7, 11) is -1.63. The number of benzene rings is 3. The largest absolute Gasteiger partial charge is 0.330 e. The molecule has 3 aromatic carbocycles. The molecule has 0 amide bonds. The van der Waals surface area contributed by atoms with Gasteiger partial charge in [-0.2, -0.15) is 0 Å². The molecule has 0 radical (unpaired) electrons. The Bertz CT molecular complexity index is 665. The van der Waals surface area contributed by atoms with Gasteiger partial charge in [0.25, 0.3) is 0 Å². The van der Waals surface area contributed by atoms with Crippen LogP contribution in [0.15, 0.2) is 91.0 Å². The summed E-state index contributed by atoms with van der Waals surface area (Å²) in [6, 6.07) is 33.4. The van der Waals surface area contributed by atoms with Crippen molar-refractivity contribution in [3.05, 3.63) is 91.0 Å². The fourth-order valence-corrected chi connectivity index (χ4v) is 8.14. The van der Waals surface area contributed by atoms with Crippen LogP contribution >= 0.6 is 24.2 Å². The van der Waals surface area contributed by atoms with Crippen LogP contribution in [0.4, 0.5) is 0 Å². The van der Waals surface area contributed by atoms with E-state index in [0.717, 1.165) is 13.0 Å². The minimum absolute atomic E-state index is 0. The Morgan fingerprint density at radius 1 is 0.519 bits per heavy atom. The van der Waals surface area contributed by atoms with Gasteiger partial charge in [-0.05, 0) is 62.2 Å². The normalized spacial score (nSPS) is 11.0. The first-order valence-electron chi connectivity index (χ1n) is 9.63. The molecule has 2 N–H and O–H groups in total. The number of hydrogen-bond acceptors (Lipinski definition) is 1. The van der Waals surface area contributed by atoms with Crippen LogP contribution in [0.25, 0.3) is 0 Å². The van der Waals surface area contributed by atoms with Crippen molar-refractivity contribution in [1.82, 2.24) is 0 Å². The van der Waals surface area contributed by atoms with Crippen molar-refractivity contribution in [3.8, 4) is 0 Å². The standard InChI is InChI=1S/C24H29NP.BrH/c25-20-12-1-2-13-21-26(22-14-6-3-7-15-22,23-16-8-4-9-17-23)24-18-10-5-11-19-24;/h3-11,14-19H,1-2,12-13,20-21,25H2;1H/q+1;. The molecule has 0 aliphatic carbocycles. The molecule has 0 saturated carbocycles. The highest BCUT2D eigenvalue weighted by Gasteiger charge is 2.44. The summed E-state index contributed by atoms with van der Waals surface area (Å²) in [5.41, 5.74) is 5.68. The summed E-state index contributed by atoms with van der Waals surface area (Å²) in [5, 5.41) is 4.45. The highest BCUT2D eigenvalue weighted by Crippen LogP contribution is 2.55. The second-order valence-corrected chi connectivity index (χ2v) is 10.4. The van der Waals surface area contributed by atoms with Gasteiger partial charge in [0.05, 0.1) is 6.16 Å². The third kappa shape index (κ3) is 5.29. The predicted octanol–water partition coefficient (Wildman–Crippen LogP) is 5.08. The van der Waals surface area contributed by atoms with E-state index in [9.17, 15) is 0 Å². The molecule has 0 fully saturated rings. The van der Waals surface area contributed by atoms with Crippen molar-refractivity contribution in [2.45, 2.75) is 25.7 Å². The van der Waals surface area contributed by atoms with Gasteiger partial charge < -0.3 is 5.73 Å². The van der Waals surface area contributed by atoms with Gasteiger partial charge in [0, 0.05) is 0 Å². The molecule has 0 heterocycles. The highest BCUT2D eigenvalue weighted by atomic mass is 79.9. The van der Waals surface area contributed by atoms with Crippen LogP contribution in [0.5, 0.6) is 0 Å². The third-order valence-corrected chi connectivity index (χ3v) is 9.56. The molecule has 0 unspecified atom stereocenters. The van der Waals surface area contributed by atoms with Crippen LogP contribution in [0.2, 0.25) is 0 Å². The smallest absolute Gasteiger partial charge is 0.112 e. The molecule has 0 aliphatic rings. The number of nitrogens with two attached hydrogens (primary N) is 1. The van der Waals surface area contributed by atoms with E-state index in [1.54, 1.807) is 0 Å². The molecule has 0 aromatic heterocycles. The molecule has 0 aliphatic heterocycles. The van der Waals surface area contributed by atoms with Crippen LogP contribution in [0.3, 0.4) is 0 Å². The maximum absolute atomic E-state index is 5.68. The summed E-state index contributed by atoms with van der Waals surface area (Å²) < 4.78 is 0. The highest BCUT2D eigenvalue weighted by molar-refractivity contribution is 8.93. The Morgan fingerprint density at radius 2 is 0.889 bits per heavy atom. The first-order chi connectivity index (χ1) is 12.9. The topological polar surface area (TPSA) is 26.0 Å². The number of halogens is 1. The summed E-state index contributed by atoms with van der Waals surface area (Å²) in [6.45, 7) is 0.802. The van der Waals surface area contributed by atoms with E-state index in [-0.39, 0.29) is 17.0 Å². The van der Waals surface area contributed by atoms with E-state index in [4.69, 9.17) is 5.73 Å². The SMILES string of the molecule is Br.NCCCCCC[P+](c1ccccc1)(c1ccccc1)c1ccccc1. The van der Waals surface area contributed by atoms with Crippen molar-refractivity contribution in [3.63, 3.8) is 0 Å². The summed E-state index contributed by atoms with van der Waals surface area (Å²) in [5.74, 6) is 0. The molecule has 3 heteroatoms. The van der Waals surface area contributed by atoms with Gasteiger partial charge in [0.1, 0.15) is 23.2 Å². The Balaban J connectivity index is 0.00000261. The fourth-order valence-electron chi connectivity index (χ4n) is 3.73. The molecule has 0 spiro atoms. The molecular formula is C24H30BrNP+. The maximum Gasteiger partial charge on any atom is 0.112 e. The molecule has 142 valence electrons. The minimum atomic E-state index is -1.63. The average molecular weight is 443 g/mol. The van der Waals surface area contributed by atoms with Crippen LogP contribution in [0, 0.1) is 0 Å². The number of rotatable bonds is 9. The number of hydrogen-bond donors (Lipinski definition) is 1. The third-order valence-electron chi connectivity index (χ3n) is 5.04. The van der Waals surface area contributed by atoms with Gasteiger partial charge in [0.2, 0.25) is 0 Å². The molecule has 27 heavy (non-hydrogen) atoms. The Hall–Kier alpha value is -1.47. The monoisotopic (exact) mass is 442 g/mol. The van der Waals surface area contributed by atoms with Crippen molar-refractivity contribution < 1.29 is 0 Å². The van der Waals surface area contributed by atoms with E-state index in [1.165, 1.54) is 41.3 Å². The fraction of sp³-hybridized carbons (Fsp3) is 0.250. The van der Waals surface area contributed by atoms with Gasteiger partial charge in [-0.1, -0.05) is 61.0 Å². The average Bonchev–Trinajstić information content (AvgIpc) is 2.73. The second-order valence-electron chi connectivity index (χ2n) is 6.74. The van der Waals surface area contributed by atoms with E-state index in [2.05, 4.69) is 91.0 Å². The first kappa shape index (κ1) is 21.8. The van der Waals surface area contributed by atoms with Crippen molar-refractivity contribution in [2.24, 2.45) is 5.73 Å². The molecule has 3 aromatic rings. The van der Waals surface area contributed by atoms with Gasteiger partial charge >= 0.3 is 0 Å². The lowest BCUT2D eigenvalue weighted by Gasteiger charge is -2.27. The Kier molecular flexibility index (Phi) is 9.21. The van der Waals surface area contributed by atoms with Gasteiger partial charge in [-0.15, -0.1) is 17.0 Å². The molecular weight excluding hydrogens is 413 g/mol. The molecule has 0 atom stereocenters. The van der Waals surface area contributed by atoms with Crippen LogP contribution in [0.1, 0.15) is 25.7 Å². The first-order valence-corrected chi connectivity index (χ1v) is 11.6.